The molecule has 2 heterocycles. The first-order valence-electron chi connectivity index (χ1n) is 5.96. The largest absolute Gasteiger partial charge is 0.196 e. The lowest BCUT2D eigenvalue weighted by atomic mass is 9.81. The summed E-state index contributed by atoms with van der Waals surface area (Å²) in [5.74, 6) is 1.37. The van der Waals surface area contributed by atoms with Crippen LogP contribution in [0.1, 0.15) is 44.9 Å². The molecule has 0 aromatic carbocycles. The van der Waals surface area contributed by atoms with Gasteiger partial charge in [0.05, 0.1) is 0 Å². The first-order valence-corrected chi connectivity index (χ1v) is 6.33. The Bertz CT molecular complexity index is 561. The van der Waals surface area contributed by atoms with Gasteiger partial charge < -0.3 is 0 Å². The number of fused-ring (bicyclic) bond motifs is 1. The van der Waals surface area contributed by atoms with Crippen molar-refractivity contribution in [1.82, 2.24) is 19.8 Å². The lowest BCUT2D eigenvalue weighted by molar-refractivity contribution is 0.318. The lowest BCUT2D eigenvalue weighted by Crippen LogP contribution is -2.18. The number of hydrogen-bond donors (Lipinski definition) is 0. The fourth-order valence-electron chi connectivity index (χ4n) is 2.81. The molecule has 0 spiro atoms. The van der Waals surface area contributed by atoms with E-state index in [0.29, 0.717) is 11.1 Å². The Morgan fingerprint density at radius 3 is 2.88 bits per heavy atom. The quantitative estimate of drug-likeness (QED) is 0.781. The van der Waals surface area contributed by atoms with Crippen molar-refractivity contribution in [2.75, 3.05) is 0 Å². The van der Waals surface area contributed by atoms with Gasteiger partial charge in [0, 0.05) is 5.92 Å². The van der Waals surface area contributed by atoms with E-state index in [0.717, 1.165) is 17.9 Å². The molecule has 90 valence electrons. The number of halogens is 1. The summed E-state index contributed by atoms with van der Waals surface area (Å²) in [6, 6.07) is 3.60. The minimum Gasteiger partial charge on any atom is -0.196 e. The summed E-state index contributed by atoms with van der Waals surface area (Å²) in [5.41, 5.74) is 1.04. The summed E-state index contributed by atoms with van der Waals surface area (Å²) in [4.78, 5) is 0. The molecule has 1 fully saturated rings. The van der Waals surface area contributed by atoms with Crippen LogP contribution in [-0.2, 0) is 0 Å². The Kier molecular flexibility index (Phi) is 2.36. The lowest BCUT2D eigenvalue weighted by Gasteiger charge is -2.24. The van der Waals surface area contributed by atoms with Crippen LogP contribution >= 0.6 is 11.6 Å². The normalized spacial score (nSPS) is 23.4. The van der Waals surface area contributed by atoms with E-state index in [1.54, 1.807) is 10.6 Å². The molecule has 4 nitrogen and oxygen atoms in total. The maximum Gasteiger partial charge on any atom is 0.178 e. The van der Waals surface area contributed by atoms with Gasteiger partial charge in [0.2, 0.25) is 0 Å². The topological polar surface area (TPSA) is 43.1 Å². The van der Waals surface area contributed by atoms with Crippen LogP contribution in [-0.4, -0.2) is 19.8 Å². The zero-order valence-corrected chi connectivity index (χ0v) is 10.8. The zero-order chi connectivity index (χ0) is 12.0. The van der Waals surface area contributed by atoms with Crippen molar-refractivity contribution in [2.24, 2.45) is 5.41 Å². The van der Waals surface area contributed by atoms with Crippen LogP contribution in [0.4, 0.5) is 0 Å². The predicted molar refractivity (Wildman–Crippen MR) is 66.2 cm³/mol. The molecule has 17 heavy (non-hydrogen) atoms. The van der Waals surface area contributed by atoms with E-state index in [4.69, 9.17) is 11.6 Å². The molecule has 0 bridgehead atoms. The second kappa shape index (κ2) is 3.67. The van der Waals surface area contributed by atoms with Crippen LogP contribution in [0.3, 0.4) is 0 Å². The number of rotatable bonds is 1. The molecule has 0 saturated heterocycles. The minimum absolute atomic E-state index is 0.271. The van der Waals surface area contributed by atoms with Gasteiger partial charge in [-0.15, -0.1) is 10.2 Å². The first kappa shape index (κ1) is 11.0. The summed E-state index contributed by atoms with van der Waals surface area (Å²) >= 11 is 5.94. The highest BCUT2D eigenvalue weighted by molar-refractivity contribution is 6.29. The summed E-state index contributed by atoms with van der Waals surface area (Å²) in [6.45, 7) is 4.58. The van der Waals surface area contributed by atoms with Gasteiger partial charge in [-0.05, 0) is 30.4 Å². The molecule has 0 amide bonds. The van der Waals surface area contributed by atoms with Crippen molar-refractivity contribution in [3.63, 3.8) is 0 Å². The van der Waals surface area contributed by atoms with Crippen LogP contribution in [0.2, 0.25) is 5.15 Å². The van der Waals surface area contributed by atoms with Crippen LogP contribution < -0.4 is 0 Å². The van der Waals surface area contributed by atoms with E-state index in [-0.39, 0.29) is 5.41 Å². The van der Waals surface area contributed by atoms with Gasteiger partial charge >= 0.3 is 0 Å². The molecule has 5 heteroatoms. The Hall–Kier alpha value is -1.16. The van der Waals surface area contributed by atoms with Gasteiger partial charge in [-0.25, -0.2) is 0 Å². The van der Waals surface area contributed by atoms with Crippen molar-refractivity contribution >= 4 is 17.2 Å². The fourth-order valence-corrected chi connectivity index (χ4v) is 2.94. The number of nitrogens with zero attached hydrogens (tertiary/aromatic N) is 4. The molecule has 1 aliphatic rings. The number of hydrogen-bond acceptors (Lipinski definition) is 3. The molecule has 0 radical (unpaired) electrons. The van der Waals surface area contributed by atoms with Crippen LogP contribution in [0, 0.1) is 5.41 Å². The van der Waals surface area contributed by atoms with Crippen LogP contribution in [0.5, 0.6) is 0 Å². The van der Waals surface area contributed by atoms with Crippen LogP contribution in [0.25, 0.3) is 5.65 Å². The molecule has 1 saturated carbocycles. The molecule has 0 N–H and O–H groups in total. The minimum atomic E-state index is 0.271. The molecule has 0 aliphatic heterocycles. The molecule has 2 aromatic heterocycles. The Morgan fingerprint density at radius 1 is 1.35 bits per heavy atom. The monoisotopic (exact) mass is 250 g/mol. The Labute approximate surface area is 105 Å². The van der Waals surface area contributed by atoms with E-state index in [2.05, 4.69) is 29.1 Å². The van der Waals surface area contributed by atoms with E-state index in [9.17, 15) is 0 Å². The molecular formula is C12H15ClN4. The van der Waals surface area contributed by atoms with Crippen LogP contribution in [0.15, 0.2) is 12.1 Å². The third-order valence-electron chi connectivity index (χ3n) is 3.82. The molecule has 1 atom stereocenters. The maximum absolute atomic E-state index is 5.94. The molecule has 1 unspecified atom stereocenters. The van der Waals surface area contributed by atoms with Crippen molar-refractivity contribution in [2.45, 2.75) is 39.0 Å². The number of aromatic nitrogens is 4. The highest BCUT2D eigenvalue weighted by Gasteiger charge is 2.38. The molecular weight excluding hydrogens is 236 g/mol. The SMILES string of the molecule is CC1(C)CCCC1c1nnc2ccc(Cl)nn12. The smallest absolute Gasteiger partial charge is 0.178 e. The summed E-state index contributed by atoms with van der Waals surface area (Å²) in [7, 11) is 0. The highest BCUT2D eigenvalue weighted by atomic mass is 35.5. The van der Waals surface area contributed by atoms with Gasteiger partial charge in [0.25, 0.3) is 0 Å². The first-order chi connectivity index (χ1) is 8.08. The Balaban J connectivity index is 2.14. The zero-order valence-electron chi connectivity index (χ0n) is 10.0. The summed E-state index contributed by atoms with van der Waals surface area (Å²) in [6.07, 6.45) is 3.63. The summed E-state index contributed by atoms with van der Waals surface area (Å²) in [5, 5.41) is 13.3. The van der Waals surface area contributed by atoms with Crippen molar-refractivity contribution in [3.05, 3.63) is 23.1 Å². The van der Waals surface area contributed by atoms with E-state index < -0.39 is 0 Å². The third-order valence-corrected chi connectivity index (χ3v) is 4.02. The van der Waals surface area contributed by atoms with Crippen molar-refractivity contribution < 1.29 is 0 Å². The summed E-state index contributed by atoms with van der Waals surface area (Å²) < 4.78 is 1.79. The maximum atomic E-state index is 5.94. The molecule has 3 rings (SSSR count). The van der Waals surface area contributed by atoms with Gasteiger partial charge in [-0.3, -0.25) is 0 Å². The van der Waals surface area contributed by atoms with Crippen molar-refractivity contribution in [3.8, 4) is 0 Å². The molecule has 2 aromatic rings. The van der Waals surface area contributed by atoms with Gasteiger partial charge in [-0.2, -0.15) is 9.61 Å². The molecule has 1 aliphatic carbocycles. The Morgan fingerprint density at radius 2 is 2.18 bits per heavy atom. The van der Waals surface area contributed by atoms with Gasteiger partial charge in [-0.1, -0.05) is 31.9 Å². The van der Waals surface area contributed by atoms with E-state index in [1.165, 1.54) is 12.8 Å². The third kappa shape index (κ3) is 1.71. The van der Waals surface area contributed by atoms with Crippen molar-refractivity contribution in [1.29, 1.82) is 0 Å². The highest BCUT2D eigenvalue weighted by Crippen LogP contribution is 2.47. The second-order valence-electron chi connectivity index (χ2n) is 5.42. The average molecular weight is 251 g/mol. The van der Waals surface area contributed by atoms with E-state index >= 15 is 0 Å². The fraction of sp³-hybridized carbons (Fsp3) is 0.583. The average Bonchev–Trinajstić information content (AvgIpc) is 2.80. The second-order valence-corrected chi connectivity index (χ2v) is 5.80. The predicted octanol–water partition coefficient (Wildman–Crippen LogP) is 3.07. The van der Waals surface area contributed by atoms with Gasteiger partial charge in [0.15, 0.2) is 11.5 Å². The van der Waals surface area contributed by atoms with Gasteiger partial charge in [0.1, 0.15) is 5.15 Å². The van der Waals surface area contributed by atoms with E-state index in [1.807, 2.05) is 6.07 Å². The standard InChI is InChI=1S/C12H15ClN4/c1-12(2)7-3-4-8(12)11-15-14-10-6-5-9(13)16-17(10)11/h5-6,8H,3-4,7H2,1-2H3.